The third-order valence-corrected chi connectivity index (χ3v) is 3.63. The maximum absolute atomic E-state index is 8.91. The van der Waals surface area contributed by atoms with Crippen LogP contribution in [0.2, 0.25) is 15.1 Å². The van der Waals surface area contributed by atoms with E-state index in [1.165, 1.54) is 0 Å². The fourth-order valence-electron chi connectivity index (χ4n) is 1.43. The Labute approximate surface area is 114 Å². The molecule has 17 heavy (non-hydrogen) atoms. The lowest BCUT2D eigenvalue weighted by Crippen LogP contribution is -1.89. The average Bonchev–Trinajstić information content (AvgIpc) is 2.36. The molecule has 2 rings (SSSR count). The van der Waals surface area contributed by atoms with Crippen molar-refractivity contribution in [1.82, 2.24) is 4.98 Å². The van der Waals surface area contributed by atoms with E-state index in [9.17, 15) is 0 Å². The molecular weight excluding hydrogens is 280 g/mol. The summed E-state index contributed by atoms with van der Waals surface area (Å²) in [5.74, 6) is 0. The van der Waals surface area contributed by atoms with E-state index >= 15 is 0 Å². The summed E-state index contributed by atoms with van der Waals surface area (Å²) in [6, 6.07) is 7.02. The zero-order valence-electron chi connectivity index (χ0n) is 8.62. The van der Waals surface area contributed by atoms with E-state index in [1.807, 2.05) is 6.07 Å². The standard InChI is InChI=1S/C12H8Cl3NO/c13-10-4-3-9(11(14)12(10)15)7-1-2-8(6-17)16-5-7/h1-5,17H,6H2. The van der Waals surface area contributed by atoms with Gasteiger partial charge in [-0.1, -0.05) is 46.9 Å². The Morgan fingerprint density at radius 1 is 1.00 bits per heavy atom. The van der Waals surface area contributed by atoms with E-state index in [-0.39, 0.29) is 6.61 Å². The molecule has 1 aromatic heterocycles. The smallest absolute Gasteiger partial charge is 0.0852 e. The molecule has 2 nitrogen and oxygen atoms in total. The summed E-state index contributed by atoms with van der Waals surface area (Å²) < 4.78 is 0. The highest BCUT2D eigenvalue weighted by Gasteiger charge is 2.10. The third-order valence-electron chi connectivity index (χ3n) is 2.33. The van der Waals surface area contributed by atoms with Crippen molar-refractivity contribution >= 4 is 34.8 Å². The van der Waals surface area contributed by atoms with Crippen molar-refractivity contribution < 1.29 is 5.11 Å². The molecule has 0 aliphatic rings. The molecule has 0 amide bonds. The number of benzene rings is 1. The number of hydrogen-bond acceptors (Lipinski definition) is 2. The molecule has 1 aromatic carbocycles. The van der Waals surface area contributed by atoms with Gasteiger partial charge in [0, 0.05) is 17.3 Å². The van der Waals surface area contributed by atoms with Gasteiger partial charge in [0.05, 0.1) is 27.4 Å². The van der Waals surface area contributed by atoms with Gasteiger partial charge in [-0.15, -0.1) is 0 Å². The van der Waals surface area contributed by atoms with Crippen LogP contribution in [-0.2, 0) is 6.61 Å². The number of aliphatic hydroxyl groups excluding tert-OH is 1. The highest BCUT2D eigenvalue weighted by Crippen LogP contribution is 2.37. The predicted molar refractivity (Wildman–Crippen MR) is 70.6 cm³/mol. The second kappa shape index (κ2) is 5.23. The summed E-state index contributed by atoms with van der Waals surface area (Å²) >= 11 is 17.9. The lowest BCUT2D eigenvalue weighted by molar-refractivity contribution is 0.277. The largest absolute Gasteiger partial charge is 0.390 e. The highest BCUT2D eigenvalue weighted by atomic mass is 35.5. The normalized spacial score (nSPS) is 10.6. The molecule has 88 valence electrons. The molecule has 2 aromatic rings. The predicted octanol–water partition coefficient (Wildman–Crippen LogP) is 4.20. The molecule has 0 aliphatic carbocycles. The lowest BCUT2D eigenvalue weighted by Gasteiger charge is -2.07. The van der Waals surface area contributed by atoms with Crippen molar-refractivity contribution in [2.75, 3.05) is 0 Å². The molecule has 1 heterocycles. The van der Waals surface area contributed by atoms with E-state index in [0.29, 0.717) is 20.8 Å². The average molecular weight is 289 g/mol. The van der Waals surface area contributed by atoms with E-state index in [1.54, 1.807) is 24.4 Å². The second-order valence-corrected chi connectivity index (χ2v) is 4.58. The maximum atomic E-state index is 8.91. The first-order valence-corrected chi connectivity index (χ1v) is 5.96. The molecule has 1 N–H and O–H groups in total. The van der Waals surface area contributed by atoms with Gasteiger partial charge in [-0.25, -0.2) is 0 Å². The van der Waals surface area contributed by atoms with Crippen LogP contribution >= 0.6 is 34.8 Å². The third kappa shape index (κ3) is 2.55. The summed E-state index contributed by atoms with van der Waals surface area (Å²) in [5.41, 5.74) is 2.19. The van der Waals surface area contributed by atoms with Gasteiger partial charge < -0.3 is 5.11 Å². The number of aliphatic hydroxyl groups is 1. The summed E-state index contributed by atoms with van der Waals surface area (Å²) in [5, 5.41) is 10.1. The summed E-state index contributed by atoms with van der Waals surface area (Å²) in [6.45, 7) is -0.0879. The fourth-order valence-corrected chi connectivity index (χ4v) is 2.07. The van der Waals surface area contributed by atoms with Crippen molar-refractivity contribution in [2.45, 2.75) is 6.61 Å². The van der Waals surface area contributed by atoms with Crippen LogP contribution in [0, 0.1) is 0 Å². The molecule has 0 fully saturated rings. The van der Waals surface area contributed by atoms with Crippen molar-refractivity contribution in [1.29, 1.82) is 0 Å². The van der Waals surface area contributed by atoms with Crippen LogP contribution in [0.15, 0.2) is 30.5 Å². The first-order chi connectivity index (χ1) is 8.13. The van der Waals surface area contributed by atoms with Crippen molar-refractivity contribution in [2.24, 2.45) is 0 Å². The number of nitrogens with zero attached hydrogens (tertiary/aromatic N) is 1. The zero-order valence-corrected chi connectivity index (χ0v) is 10.9. The zero-order chi connectivity index (χ0) is 12.4. The van der Waals surface area contributed by atoms with Crippen LogP contribution in [0.3, 0.4) is 0 Å². The van der Waals surface area contributed by atoms with Gasteiger partial charge in [-0.3, -0.25) is 4.98 Å². The van der Waals surface area contributed by atoms with Gasteiger partial charge in [0.1, 0.15) is 0 Å². The van der Waals surface area contributed by atoms with Gasteiger partial charge in [0.15, 0.2) is 0 Å². The number of rotatable bonds is 2. The van der Waals surface area contributed by atoms with Crippen molar-refractivity contribution in [3.63, 3.8) is 0 Å². The summed E-state index contributed by atoms with van der Waals surface area (Å²) in [6.07, 6.45) is 1.64. The topological polar surface area (TPSA) is 33.1 Å². The molecule has 0 atom stereocenters. The Hall–Kier alpha value is -0.800. The van der Waals surface area contributed by atoms with E-state index in [0.717, 1.165) is 11.1 Å². The van der Waals surface area contributed by atoms with Crippen LogP contribution in [0.5, 0.6) is 0 Å². The highest BCUT2D eigenvalue weighted by molar-refractivity contribution is 6.49. The van der Waals surface area contributed by atoms with Gasteiger partial charge in [-0.05, 0) is 12.1 Å². The van der Waals surface area contributed by atoms with Gasteiger partial charge in [0.25, 0.3) is 0 Å². The number of aromatic nitrogens is 1. The second-order valence-electron chi connectivity index (χ2n) is 3.42. The molecule has 0 aliphatic heterocycles. The van der Waals surface area contributed by atoms with Crippen LogP contribution in [-0.4, -0.2) is 10.1 Å². The molecular formula is C12H8Cl3NO. The SMILES string of the molecule is OCc1ccc(-c2ccc(Cl)c(Cl)c2Cl)cn1. The Balaban J connectivity index is 2.49. The van der Waals surface area contributed by atoms with E-state index in [4.69, 9.17) is 39.9 Å². The quantitative estimate of drug-likeness (QED) is 0.840. The number of pyridine rings is 1. The Kier molecular flexibility index (Phi) is 3.89. The molecule has 0 saturated carbocycles. The molecule has 0 spiro atoms. The minimum absolute atomic E-state index is 0.0879. The number of hydrogen-bond donors (Lipinski definition) is 1. The molecule has 0 radical (unpaired) electrons. The first kappa shape index (κ1) is 12.7. The fraction of sp³-hybridized carbons (Fsp3) is 0.0833. The molecule has 0 unspecified atom stereocenters. The molecule has 0 saturated heterocycles. The molecule has 0 bridgehead atoms. The molecule has 5 heteroatoms. The lowest BCUT2D eigenvalue weighted by atomic mass is 10.1. The van der Waals surface area contributed by atoms with Crippen molar-refractivity contribution in [3.8, 4) is 11.1 Å². The van der Waals surface area contributed by atoms with Gasteiger partial charge in [0.2, 0.25) is 0 Å². The van der Waals surface area contributed by atoms with Crippen LogP contribution in [0.4, 0.5) is 0 Å². The van der Waals surface area contributed by atoms with E-state index < -0.39 is 0 Å². The Bertz CT molecular complexity index is 540. The Morgan fingerprint density at radius 3 is 2.35 bits per heavy atom. The van der Waals surface area contributed by atoms with Gasteiger partial charge >= 0.3 is 0 Å². The van der Waals surface area contributed by atoms with Crippen LogP contribution in [0.25, 0.3) is 11.1 Å². The van der Waals surface area contributed by atoms with Gasteiger partial charge in [-0.2, -0.15) is 0 Å². The monoisotopic (exact) mass is 287 g/mol. The minimum atomic E-state index is -0.0879. The maximum Gasteiger partial charge on any atom is 0.0852 e. The Morgan fingerprint density at radius 2 is 1.76 bits per heavy atom. The minimum Gasteiger partial charge on any atom is -0.390 e. The number of halogens is 3. The van der Waals surface area contributed by atoms with Crippen LogP contribution in [0.1, 0.15) is 5.69 Å². The summed E-state index contributed by atoms with van der Waals surface area (Å²) in [7, 11) is 0. The summed E-state index contributed by atoms with van der Waals surface area (Å²) in [4.78, 5) is 4.08. The van der Waals surface area contributed by atoms with E-state index in [2.05, 4.69) is 4.98 Å². The van der Waals surface area contributed by atoms with Crippen molar-refractivity contribution in [3.05, 3.63) is 51.2 Å². The first-order valence-electron chi connectivity index (χ1n) is 4.83. The van der Waals surface area contributed by atoms with Crippen LogP contribution < -0.4 is 0 Å².